The van der Waals surface area contributed by atoms with Gasteiger partial charge >= 0.3 is 0 Å². The highest BCUT2D eigenvalue weighted by Crippen LogP contribution is 2.09. The second kappa shape index (κ2) is 3.42. The lowest BCUT2D eigenvalue weighted by molar-refractivity contribution is 0.441. The Kier molecular flexibility index (Phi) is 2.52. The van der Waals surface area contributed by atoms with Gasteiger partial charge in [0.25, 0.3) is 0 Å². The fraction of sp³-hybridized carbons (Fsp3) is 0.625. The zero-order valence-corrected chi connectivity index (χ0v) is 6.95. The summed E-state index contributed by atoms with van der Waals surface area (Å²) in [6.07, 6.45) is 2.82. The smallest absolute Gasteiger partial charge is 0.191 e. The molecule has 62 valence electrons. The van der Waals surface area contributed by atoms with Gasteiger partial charge in [-0.15, -0.1) is 6.58 Å². The molecular weight excluding hydrogens is 138 g/mol. The van der Waals surface area contributed by atoms with E-state index in [1.165, 1.54) is 0 Å². The minimum absolute atomic E-state index is 0.340. The van der Waals surface area contributed by atoms with Crippen molar-refractivity contribution in [1.82, 2.24) is 4.90 Å². The molecule has 0 aliphatic carbocycles. The van der Waals surface area contributed by atoms with Crippen LogP contribution >= 0.6 is 0 Å². The Morgan fingerprint density at radius 3 is 3.09 bits per heavy atom. The van der Waals surface area contributed by atoms with Gasteiger partial charge in [-0.25, -0.2) is 4.99 Å². The quantitative estimate of drug-likeness (QED) is 0.603. The molecule has 0 bridgehead atoms. The Bertz CT molecular complexity index is 174. The van der Waals surface area contributed by atoms with E-state index in [-0.39, 0.29) is 0 Å². The summed E-state index contributed by atoms with van der Waals surface area (Å²) in [5, 5.41) is 0. The van der Waals surface area contributed by atoms with E-state index in [4.69, 9.17) is 5.73 Å². The Hall–Kier alpha value is -0.990. The summed E-state index contributed by atoms with van der Waals surface area (Å²) in [6, 6.07) is 0.340. The standard InChI is InChI=1S/C8H15N3/c1-3-5-7-6-11(4-2)8(9)10-7/h3,7H,1,4-6H2,2H3,(H2,9,10). The second-order valence-corrected chi connectivity index (χ2v) is 2.70. The first-order valence-electron chi connectivity index (χ1n) is 3.97. The molecule has 0 saturated heterocycles. The third kappa shape index (κ3) is 1.73. The lowest BCUT2D eigenvalue weighted by Crippen LogP contribution is -2.34. The van der Waals surface area contributed by atoms with Crippen LogP contribution in [0.25, 0.3) is 0 Å². The zero-order valence-electron chi connectivity index (χ0n) is 6.95. The first-order valence-corrected chi connectivity index (χ1v) is 3.97. The predicted octanol–water partition coefficient (Wildman–Crippen LogP) is 0.581. The summed E-state index contributed by atoms with van der Waals surface area (Å²) in [6.45, 7) is 7.65. The molecule has 11 heavy (non-hydrogen) atoms. The molecule has 1 unspecified atom stereocenters. The zero-order chi connectivity index (χ0) is 8.27. The molecule has 0 aromatic rings. The average Bonchev–Trinajstić information content (AvgIpc) is 2.32. The van der Waals surface area contributed by atoms with Crippen molar-refractivity contribution in [1.29, 1.82) is 0 Å². The van der Waals surface area contributed by atoms with Gasteiger partial charge in [-0.1, -0.05) is 6.08 Å². The second-order valence-electron chi connectivity index (χ2n) is 2.70. The van der Waals surface area contributed by atoms with Crippen LogP contribution in [0.1, 0.15) is 13.3 Å². The summed E-state index contributed by atoms with van der Waals surface area (Å²) in [4.78, 5) is 6.36. The molecule has 0 radical (unpaired) electrons. The van der Waals surface area contributed by atoms with E-state index in [0.29, 0.717) is 12.0 Å². The molecule has 1 heterocycles. The van der Waals surface area contributed by atoms with Crippen molar-refractivity contribution in [2.24, 2.45) is 10.7 Å². The first kappa shape index (κ1) is 8.11. The normalized spacial score (nSPS) is 23.5. The lowest BCUT2D eigenvalue weighted by atomic mass is 10.2. The van der Waals surface area contributed by atoms with E-state index in [0.717, 1.165) is 19.5 Å². The van der Waals surface area contributed by atoms with Crippen molar-refractivity contribution in [2.45, 2.75) is 19.4 Å². The van der Waals surface area contributed by atoms with Gasteiger partial charge in [0.1, 0.15) is 0 Å². The fourth-order valence-electron chi connectivity index (χ4n) is 1.27. The predicted molar refractivity (Wildman–Crippen MR) is 47.5 cm³/mol. The third-order valence-electron chi connectivity index (χ3n) is 1.89. The fourth-order valence-corrected chi connectivity index (χ4v) is 1.27. The van der Waals surface area contributed by atoms with Gasteiger partial charge in [0, 0.05) is 13.1 Å². The molecule has 0 spiro atoms. The van der Waals surface area contributed by atoms with E-state index in [1.54, 1.807) is 0 Å². The number of rotatable bonds is 3. The Balaban J connectivity index is 2.48. The minimum Gasteiger partial charge on any atom is -0.370 e. The number of aliphatic imine (C=N–C) groups is 1. The van der Waals surface area contributed by atoms with Crippen molar-refractivity contribution in [3.8, 4) is 0 Å². The highest BCUT2D eigenvalue weighted by atomic mass is 15.3. The van der Waals surface area contributed by atoms with Crippen LogP contribution in [0.4, 0.5) is 0 Å². The van der Waals surface area contributed by atoms with E-state index in [2.05, 4.69) is 23.4 Å². The lowest BCUT2D eigenvalue weighted by Gasteiger charge is -2.14. The molecule has 0 fully saturated rings. The SMILES string of the molecule is C=CCC1CN(CC)C(N)=N1. The van der Waals surface area contributed by atoms with E-state index in [1.807, 2.05) is 6.08 Å². The molecule has 2 N–H and O–H groups in total. The number of nitrogens with zero attached hydrogens (tertiary/aromatic N) is 2. The maximum Gasteiger partial charge on any atom is 0.191 e. The van der Waals surface area contributed by atoms with E-state index < -0.39 is 0 Å². The van der Waals surface area contributed by atoms with Gasteiger partial charge in [0.05, 0.1) is 6.04 Å². The number of hydrogen-bond donors (Lipinski definition) is 1. The largest absolute Gasteiger partial charge is 0.370 e. The molecule has 0 saturated carbocycles. The molecule has 0 amide bonds. The monoisotopic (exact) mass is 153 g/mol. The van der Waals surface area contributed by atoms with Gasteiger partial charge in [-0.3, -0.25) is 0 Å². The van der Waals surface area contributed by atoms with Crippen LogP contribution < -0.4 is 5.73 Å². The molecule has 0 aromatic carbocycles. The number of nitrogens with two attached hydrogens (primary N) is 1. The summed E-state index contributed by atoms with van der Waals surface area (Å²) >= 11 is 0. The Morgan fingerprint density at radius 1 is 1.91 bits per heavy atom. The number of hydrogen-bond acceptors (Lipinski definition) is 3. The summed E-state index contributed by atoms with van der Waals surface area (Å²) in [5.74, 6) is 0.680. The van der Waals surface area contributed by atoms with Crippen LogP contribution in [0.5, 0.6) is 0 Å². The molecular formula is C8H15N3. The van der Waals surface area contributed by atoms with Crippen LogP contribution in [0, 0.1) is 0 Å². The Labute approximate surface area is 67.6 Å². The van der Waals surface area contributed by atoms with Gasteiger partial charge in [-0.05, 0) is 13.3 Å². The Morgan fingerprint density at radius 2 is 2.64 bits per heavy atom. The highest BCUT2D eigenvalue weighted by molar-refractivity contribution is 5.79. The molecule has 1 atom stereocenters. The first-order chi connectivity index (χ1) is 5.27. The van der Waals surface area contributed by atoms with E-state index in [9.17, 15) is 0 Å². The summed E-state index contributed by atoms with van der Waals surface area (Å²) in [7, 11) is 0. The number of guanidine groups is 1. The van der Waals surface area contributed by atoms with Crippen molar-refractivity contribution in [2.75, 3.05) is 13.1 Å². The van der Waals surface area contributed by atoms with Crippen LogP contribution in [0.15, 0.2) is 17.6 Å². The molecule has 1 aliphatic heterocycles. The number of likely N-dealkylation sites (N-methyl/N-ethyl adjacent to an activating group) is 1. The maximum absolute atomic E-state index is 5.65. The highest BCUT2D eigenvalue weighted by Gasteiger charge is 2.19. The molecule has 3 nitrogen and oxygen atoms in total. The van der Waals surface area contributed by atoms with Gasteiger partial charge < -0.3 is 10.6 Å². The molecule has 3 heteroatoms. The molecule has 0 aromatic heterocycles. The average molecular weight is 153 g/mol. The van der Waals surface area contributed by atoms with Gasteiger partial charge in [0.15, 0.2) is 5.96 Å². The van der Waals surface area contributed by atoms with Crippen molar-refractivity contribution in [3.05, 3.63) is 12.7 Å². The summed E-state index contributed by atoms with van der Waals surface area (Å²) < 4.78 is 0. The van der Waals surface area contributed by atoms with Crippen molar-refractivity contribution >= 4 is 5.96 Å². The van der Waals surface area contributed by atoms with E-state index >= 15 is 0 Å². The van der Waals surface area contributed by atoms with Crippen LogP contribution in [0.2, 0.25) is 0 Å². The minimum atomic E-state index is 0.340. The molecule has 1 aliphatic rings. The van der Waals surface area contributed by atoms with Crippen LogP contribution in [0.3, 0.4) is 0 Å². The third-order valence-corrected chi connectivity index (χ3v) is 1.89. The van der Waals surface area contributed by atoms with Crippen LogP contribution in [-0.2, 0) is 0 Å². The molecule has 1 rings (SSSR count). The summed E-state index contributed by atoms with van der Waals surface area (Å²) in [5.41, 5.74) is 5.65. The van der Waals surface area contributed by atoms with Gasteiger partial charge in [-0.2, -0.15) is 0 Å². The van der Waals surface area contributed by atoms with Crippen molar-refractivity contribution in [3.63, 3.8) is 0 Å². The van der Waals surface area contributed by atoms with Crippen molar-refractivity contribution < 1.29 is 0 Å². The van der Waals surface area contributed by atoms with Gasteiger partial charge in [0.2, 0.25) is 0 Å². The maximum atomic E-state index is 5.65. The topological polar surface area (TPSA) is 41.6 Å². The van der Waals surface area contributed by atoms with Crippen LogP contribution in [-0.4, -0.2) is 30.0 Å².